The number of methoxy groups -OCH3 is 1. The van der Waals surface area contributed by atoms with E-state index in [-0.39, 0.29) is 42.8 Å². The zero-order chi connectivity index (χ0) is 40.0. The van der Waals surface area contributed by atoms with E-state index >= 15 is 0 Å². The van der Waals surface area contributed by atoms with Crippen molar-refractivity contribution in [3.05, 3.63) is 119 Å². The highest BCUT2D eigenvalue weighted by Crippen LogP contribution is 2.32. The van der Waals surface area contributed by atoms with E-state index in [9.17, 15) is 13.2 Å². The number of hydrogen-bond donors (Lipinski definition) is 0. The minimum Gasteiger partial charge on any atom is -0.496 e. The smallest absolute Gasteiger partial charge is 0.410 e. The van der Waals surface area contributed by atoms with Crippen LogP contribution in [0.5, 0.6) is 17.2 Å². The van der Waals surface area contributed by atoms with E-state index in [0.717, 1.165) is 40.2 Å². The van der Waals surface area contributed by atoms with Gasteiger partial charge in [0.1, 0.15) is 29.5 Å². The van der Waals surface area contributed by atoms with Gasteiger partial charge in [-0.05, 0) is 81.6 Å². The van der Waals surface area contributed by atoms with Crippen LogP contribution in [0.1, 0.15) is 61.8 Å². The van der Waals surface area contributed by atoms with E-state index in [2.05, 4.69) is 12.1 Å². The van der Waals surface area contributed by atoms with E-state index in [1.807, 2.05) is 88.4 Å². The van der Waals surface area contributed by atoms with Crippen molar-refractivity contribution in [3.8, 4) is 17.2 Å². The molecule has 0 radical (unpaired) electrons. The second kappa shape index (κ2) is 20.5. The average molecular weight is 790 g/mol. The summed E-state index contributed by atoms with van der Waals surface area (Å²) in [4.78, 5) is 14.9. The molecule has 0 aromatic heterocycles. The third-order valence-electron chi connectivity index (χ3n) is 9.24. The second-order valence-electron chi connectivity index (χ2n) is 14.7. The molecule has 12 heteroatoms. The van der Waals surface area contributed by atoms with Crippen molar-refractivity contribution in [2.24, 2.45) is 0 Å². The van der Waals surface area contributed by atoms with Gasteiger partial charge in [0.2, 0.25) is 0 Å². The van der Waals surface area contributed by atoms with Crippen molar-refractivity contribution < 1.29 is 45.8 Å². The minimum absolute atomic E-state index is 0.0274. The molecule has 11 nitrogen and oxygen atoms in total. The number of rotatable bonds is 19. The number of hydrogen-bond acceptors (Lipinski definition) is 10. The topological polar surface area (TPSA) is 119 Å². The molecule has 56 heavy (non-hydrogen) atoms. The number of ether oxygens (including phenoxy) is 6. The van der Waals surface area contributed by atoms with Gasteiger partial charge in [0.15, 0.2) is 0 Å². The maximum atomic E-state index is 13.1. The summed E-state index contributed by atoms with van der Waals surface area (Å²) < 4.78 is 66.2. The quantitative estimate of drug-likeness (QED) is 0.0681. The number of nitrogens with zero attached hydrogens (tertiary/aromatic N) is 1. The Bertz CT molecular complexity index is 1930. The van der Waals surface area contributed by atoms with Crippen molar-refractivity contribution in [3.63, 3.8) is 0 Å². The van der Waals surface area contributed by atoms with Crippen LogP contribution >= 0.6 is 0 Å². The molecule has 4 aromatic carbocycles. The highest BCUT2D eigenvalue weighted by atomic mass is 32.2. The fraction of sp³-hybridized carbons (Fsp3) is 0.432. The molecule has 4 aromatic rings. The number of benzene rings is 4. The fourth-order valence-corrected chi connectivity index (χ4v) is 7.27. The third kappa shape index (κ3) is 13.0. The molecule has 302 valence electrons. The van der Waals surface area contributed by atoms with Crippen LogP contribution in [0.4, 0.5) is 4.79 Å². The number of piperidine rings is 1. The molecule has 0 aliphatic carbocycles. The Hall–Kier alpha value is -4.62. The Labute approximate surface area is 331 Å². The molecule has 0 saturated carbocycles. The maximum Gasteiger partial charge on any atom is 0.410 e. The zero-order valence-electron chi connectivity index (χ0n) is 33.1. The average Bonchev–Trinajstić information content (AvgIpc) is 3.18. The second-order valence-corrected chi connectivity index (χ2v) is 16.3. The van der Waals surface area contributed by atoms with Gasteiger partial charge in [0, 0.05) is 30.9 Å². The first-order valence-electron chi connectivity index (χ1n) is 19.1. The summed E-state index contributed by atoms with van der Waals surface area (Å²) in [7, 11) is -2.22. The monoisotopic (exact) mass is 789 g/mol. The number of carbonyl (C=O) groups is 1. The summed E-state index contributed by atoms with van der Waals surface area (Å²) in [5, 5.41) is 0. The molecule has 2 unspecified atom stereocenters. The van der Waals surface area contributed by atoms with Crippen LogP contribution in [0.25, 0.3) is 0 Å². The number of para-hydroxylation sites is 2. The van der Waals surface area contributed by atoms with Gasteiger partial charge in [-0.2, -0.15) is 8.42 Å². The summed E-state index contributed by atoms with van der Waals surface area (Å²) in [6, 6.07) is 29.9. The predicted octanol–water partition coefficient (Wildman–Crippen LogP) is 8.13. The summed E-state index contributed by atoms with van der Waals surface area (Å²) in [5.74, 6) is 2.25. The Morgan fingerprint density at radius 1 is 0.786 bits per heavy atom. The fourth-order valence-electron chi connectivity index (χ4n) is 6.36. The van der Waals surface area contributed by atoms with Crippen LogP contribution in [0.15, 0.2) is 102 Å². The Kier molecular flexibility index (Phi) is 15.6. The first-order valence-corrected chi connectivity index (χ1v) is 20.5. The van der Waals surface area contributed by atoms with Crippen molar-refractivity contribution in [1.82, 2.24) is 4.90 Å². The van der Waals surface area contributed by atoms with Crippen molar-refractivity contribution >= 4 is 16.2 Å². The number of aryl methyl sites for hydroxylation is 1. The number of likely N-dealkylation sites (tertiary alicyclic amines) is 1. The lowest BCUT2D eigenvalue weighted by Crippen LogP contribution is -2.48. The maximum absolute atomic E-state index is 13.1. The van der Waals surface area contributed by atoms with Gasteiger partial charge >= 0.3 is 6.09 Å². The van der Waals surface area contributed by atoms with Crippen LogP contribution in [0.2, 0.25) is 0 Å². The molecule has 1 aliphatic rings. The largest absolute Gasteiger partial charge is 0.496 e. The van der Waals surface area contributed by atoms with Gasteiger partial charge in [-0.3, -0.25) is 4.18 Å². The number of amides is 1. The van der Waals surface area contributed by atoms with Crippen molar-refractivity contribution in [1.29, 1.82) is 0 Å². The molecule has 5 rings (SSSR count). The van der Waals surface area contributed by atoms with Crippen LogP contribution in [0, 0.1) is 6.92 Å². The van der Waals surface area contributed by atoms with Gasteiger partial charge in [-0.15, -0.1) is 0 Å². The van der Waals surface area contributed by atoms with Crippen LogP contribution in [0.3, 0.4) is 0 Å². The summed E-state index contributed by atoms with van der Waals surface area (Å²) in [6.07, 6.45) is 1.11. The lowest BCUT2D eigenvalue weighted by Gasteiger charge is -2.39. The van der Waals surface area contributed by atoms with Gasteiger partial charge in [-0.25, -0.2) is 4.79 Å². The molecule has 1 heterocycles. The summed E-state index contributed by atoms with van der Waals surface area (Å²) in [5.41, 5.74) is 3.28. The third-order valence-corrected chi connectivity index (χ3v) is 10.6. The van der Waals surface area contributed by atoms with Gasteiger partial charge in [-0.1, -0.05) is 66.2 Å². The van der Waals surface area contributed by atoms with E-state index in [1.54, 1.807) is 36.3 Å². The number of carbonyl (C=O) groups excluding carboxylic acids is 1. The standard InChI is InChI=1S/C44H55NO10S/c1-33-15-21-38(22-16-33)56(47,48)54-28-24-35-11-6-9-14-41(35)52-29-30-53-42-31-45(43(46)55-44(2,3)4)25-23-39(42)34-17-19-37(20-18-34)51-27-10-26-50-32-36-12-7-8-13-40(36)49-5/h6-9,11-22,39,42H,10,23-32H2,1-5H3. The first-order chi connectivity index (χ1) is 26.9. The van der Waals surface area contributed by atoms with Crippen molar-refractivity contribution in [2.45, 2.75) is 76.1 Å². The lowest BCUT2D eigenvalue weighted by atomic mass is 9.87. The van der Waals surface area contributed by atoms with E-state index in [1.165, 1.54) is 0 Å². The van der Waals surface area contributed by atoms with Crippen LogP contribution in [-0.2, 0) is 41.5 Å². The molecule has 0 spiro atoms. The molecule has 0 N–H and O–H groups in total. The molecule has 1 saturated heterocycles. The Morgan fingerprint density at radius 2 is 1.48 bits per heavy atom. The molecule has 1 amide bonds. The van der Waals surface area contributed by atoms with Crippen LogP contribution in [-0.4, -0.2) is 84.3 Å². The molecular weight excluding hydrogens is 735 g/mol. The summed E-state index contributed by atoms with van der Waals surface area (Å²) in [6.45, 7) is 10.4. The Balaban J connectivity index is 1.12. The normalized spacial score (nSPS) is 16.0. The van der Waals surface area contributed by atoms with Gasteiger partial charge < -0.3 is 33.3 Å². The van der Waals surface area contributed by atoms with E-state index < -0.39 is 15.7 Å². The zero-order valence-corrected chi connectivity index (χ0v) is 33.9. The van der Waals surface area contributed by atoms with E-state index in [0.29, 0.717) is 51.5 Å². The highest BCUT2D eigenvalue weighted by molar-refractivity contribution is 7.86. The SMILES string of the molecule is COc1ccccc1COCCCOc1ccc(C2CCN(C(=O)OC(C)(C)C)CC2OCCOc2ccccc2CCOS(=O)(=O)c2ccc(C)cc2)cc1. The molecule has 1 aliphatic heterocycles. The van der Waals surface area contributed by atoms with E-state index in [4.69, 9.17) is 32.6 Å². The molecule has 2 atom stereocenters. The molecule has 0 bridgehead atoms. The van der Waals surface area contributed by atoms with Gasteiger partial charge in [0.25, 0.3) is 10.1 Å². The Morgan fingerprint density at radius 3 is 2.20 bits per heavy atom. The van der Waals surface area contributed by atoms with Crippen molar-refractivity contribution in [2.75, 3.05) is 53.2 Å². The van der Waals surface area contributed by atoms with Gasteiger partial charge in [0.05, 0.1) is 57.7 Å². The first kappa shape index (κ1) is 42.5. The molecular formula is C44H55NO10S. The predicted molar refractivity (Wildman–Crippen MR) is 214 cm³/mol. The summed E-state index contributed by atoms with van der Waals surface area (Å²) >= 11 is 0. The lowest BCUT2D eigenvalue weighted by molar-refractivity contribution is -0.0358. The van der Waals surface area contributed by atoms with Crippen LogP contribution < -0.4 is 14.2 Å². The minimum atomic E-state index is -3.88. The highest BCUT2D eigenvalue weighted by Gasteiger charge is 2.35. The molecule has 1 fully saturated rings.